The first-order valence-electron chi connectivity index (χ1n) is 4.05. The van der Waals surface area contributed by atoms with E-state index in [-0.39, 0.29) is 5.78 Å². The molecule has 0 saturated heterocycles. The predicted molar refractivity (Wildman–Crippen MR) is 56.9 cm³/mol. The van der Waals surface area contributed by atoms with Crippen LogP contribution in [0.4, 0.5) is 0 Å². The van der Waals surface area contributed by atoms with Crippen molar-refractivity contribution in [3.05, 3.63) is 33.8 Å². The molecule has 0 bridgehead atoms. The molecule has 0 aliphatic rings. The largest absolute Gasteiger partial charge is 0.369 e. The third-order valence-electron chi connectivity index (χ3n) is 1.87. The molecule has 1 atom stereocenters. The Bertz CT molecular complexity index is 350. The molecule has 0 fully saturated rings. The quantitative estimate of drug-likeness (QED) is 0.800. The van der Waals surface area contributed by atoms with Gasteiger partial charge in [0.25, 0.3) is 0 Å². The number of halogens is 2. The fourth-order valence-corrected chi connectivity index (χ4v) is 1.64. The van der Waals surface area contributed by atoms with Crippen LogP contribution >= 0.6 is 23.2 Å². The topological polar surface area (TPSA) is 26.3 Å². The molecular formula is C10H10Cl2O2. The molecule has 0 saturated carbocycles. The summed E-state index contributed by atoms with van der Waals surface area (Å²) in [7, 11) is 1.46. The summed E-state index contributed by atoms with van der Waals surface area (Å²) < 4.78 is 5.04. The van der Waals surface area contributed by atoms with Crippen LogP contribution in [0.25, 0.3) is 0 Å². The molecule has 14 heavy (non-hydrogen) atoms. The number of methoxy groups -OCH3 is 1. The zero-order chi connectivity index (χ0) is 10.7. The highest BCUT2D eigenvalue weighted by Crippen LogP contribution is 2.31. The average Bonchev–Trinajstić information content (AvgIpc) is 2.13. The Morgan fingerprint density at radius 1 is 1.43 bits per heavy atom. The minimum Gasteiger partial charge on any atom is -0.369 e. The van der Waals surface area contributed by atoms with Gasteiger partial charge in [-0.3, -0.25) is 4.79 Å². The monoisotopic (exact) mass is 232 g/mol. The molecule has 0 aliphatic carbocycles. The first-order chi connectivity index (χ1) is 6.57. The molecular weight excluding hydrogens is 223 g/mol. The van der Waals surface area contributed by atoms with Crippen LogP contribution < -0.4 is 0 Å². The Morgan fingerprint density at radius 2 is 2.07 bits per heavy atom. The Morgan fingerprint density at radius 3 is 2.57 bits per heavy atom. The normalized spacial score (nSPS) is 12.6. The molecule has 2 nitrogen and oxygen atoms in total. The van der Waals surface area contributed by atoms with E-state index in [1.165, 1.54) is 14.0 Å². The summed E-state index contributed by atoms with van der Waals surface area (Å²) in [5, 5.41) is 0.795. The van der Waals surface area contributed by atoms with Crippen LogP contribution in [-0.2, 0) is 9.53 Å². The second-order valence-corrected chi connectivity index (χ2v) is 3.65. The van der Waals surface area contributed by atoms with E-state index in [1.54, 1.807) is 18.2 Å². The summed E-state index contributed by atoms with van der Waals surface area (Å²) in [6, 6.07) is 5.13. The smallest absolute Gasteiger partial charge is 0.163 e. The van der Waals surface area contributed by atoms with Crippen molar-refractivity contribution in [2.45, 2.75) is 13.0 Å². The maximum Gasteiger partial charge on any atom is 0.163 e. The van der Waals surface area contributed by atoms with Gasteiger partial charge in [-0.2, -0.15) is 0 Å². The van der Waals surface area contributed by atoms with Gasteiger partial charge < -0.3 is 4.74 Å². The third kappa shape index (κ3) is 2.27. The fraction of sp³-hybridized carbons (Fsp3) is 0.300. The summed E-state index contributed by atoms with van der Waals surface area (Å²) in [5.41, 5.74) is 0.606. The summed E-state index contributed by atoms with van der Waals surface area (Å²) >= 11 is 11.8. The highest BCUT2D eigenvalue weighted by molar-refractivity contribution is 6.42. The molecule has 1 aromatic carbocycles. The number of carbonyl (C=O) groups is 1. The van der Waals surface area contributed by atoms with E-state index in [4.69, 9.17) is 27.9 Å². The van der Waals surface area contributed by atoms with Gasteiger partial charge in [-0.1, -0.05) is 35.3 Å². The molecule has 76 valence electrons. The highest BCUT2D eigenvalue weighted by Gasteiger charge is 2.19. The molecule has 0 amide bonds. The fourth-order valence-electron chi connectivity index (χ4n) is 1.23. The summed E-state index contributed by atoms with van der Waals surface area (Å²) in [6.07, 6.45) is -0.638. The van der Waals surface area contributed by atoms with Crippen molar-refractivity contribution in [3.63, 3.8) is 0 Å². The van der Waals surface area contributed by atoms with Crippen molar-refractivity contribution in [1.29, 1.82) is 0 Å². The van der Waals surface area contributed by atoms with Crippen LogP contribution in [-0.4, -0.2) is 12.9 Å². The Kier molecular flexibility index (Phi) is 3.93. The Hall–Kier alpha value is -0.570. The van der Waals surface area contributed by atoms with Gasteiger partial charge in [0.15, 0.2) is 5.78 Å². The molecule has 1 aromatic rings. The molecule has 0 N–H and O–H groups in total. The van der Waals surface area contributed by atoms with Crippen molar-refractivity contribution >= 4 is 29.0 Å². The molecule has 0 radical (unpaired) electrons. The van der Waals surface area contributed by atoms with Gasteiger partial charge in [0.2, 0.25) is 0 Å². The number of benzene rings is 1. The van der Waals surface area contributed by atoms with Crippen molar-refractivity contribution in [1.82, 2.24) is 0 Å². The van der Waals surface area contributed by atoms with E-state index in [0.717, 1.165) is 0 Å². The zero-order valence-corrected chi connectivity index (χ0v) is 9.39. The zero-order valence-electron chi connectivity index (χ0n) is 7.88. The van der Waals surface area contributed by atoms with Gasteiger partial charge in [0, 0.05) is 12.7 Å². The van der Waals surface area contributed by atoms with Crippen molar-refractivity contribution in [2.24, 2.45) is 0 Å². The number of carbonyl (C=O) groups excluding carboxylic acids is 1. The first kappa shape index (κ1) is 11.5. The van der Waals surface area contributed by atoms with Crippen molar-refractivity contribution < 1.29 is 9.53 Å². The van der Waals surface area contributed by atoms with Crippen LogP contribution in [0, 0.1) is 0 Å². The molecule has 1 unspecified atom stereocenters. The maximum absolute atomic E-state index is 11.2. The Balaban J connectivity index is 3.16. The minimum atomic E-state index is -0.638. The number of hydrogen-bond acceptors (Lipinski definition) is 2. The Labute approximate surface area is 92.8 Å². The van der Waals surface area contributed by atoms with Crippen LogP contribution in [0.15, 0.2) is 18.2 Å². The number of ether oxygens (including phenoxy) is 1. The van der Waals surface area contributed by atoms with Gasteiger partial charge in [-0.05, 0) is 13.0 Å². The van der Waals surface area contributed by atoms with Crippen LogP contribution in [0.2, 0.25) is 10.0 Å². The average molecular weight is 233 g/mol. The lowest BCUT2D eigenvalue weighted by molar-refractivity contribution is -0.126. The highest BCUT2D eigenvalue weighted by atomic mass is 35.5. The van der Waals surface area contributed by atoms with Gasteiger partial charge in [-0.15, -0.1) is 0 Å². The molecule has 1 rings (SSSR count). The molecule has 0 aromatic heterocycles. The molecule has 0 spiro atoms. The third-order valence-corrected chi connectivity index (χ3v) is 2.70. The lowest BCUT2D eigenvalue weighted by Gasteiger charge is -2.14. The number of hydrogen-bond donors (Lipinski definition) is 0. The summed E-state index contributed by atoms with van der Waals surface area (Å²) in [5.74, 6) is -0.100. The first-order valence-corrected chi connectivity index (χ1v) is 4.80. The van der Waals surface area contributed by atoms with E-state index in [9.17, 15) is 4.79 Å². The maximum atomic E-state index is 11.2. The number of ketones is 1. The summed E-state index contributed by atoms with van der Waals surface area (Å²) in [4.78, 5) is 11.2. The second kappa shape index (κ2) is 4.78. The molecule has 0 aliphatic heterocycles. The van der Waals surface area contributed by atoms with E-state index in [2.05, 4.69) is 0 Å². The van der Waals surface area contributed by atoms with E-state index in [1.807, 2.05) is 0 Å². The lowest BCUT2D eigenvalue weighted by Crippen LogP contribution is -2.11. The predicted octanol–water partition coefficient (Wildman–Crippen LogP) is 3.27. The van der Waals surface area contributed by atoms with Gasteiger partial charge in [0.05, 0.1) is 10.0 Å². The van der Waals surface area contributed by atoms with Crippen LogP contribution in [0.5, 0.6) is 0 Å². The standard InChI is InChI=1S/C10H10Cl2O2/c1-6(13)10(14-2)7-4-3-5-8(11)9(7)12/h3-5,10H,1-2H3. The lowest BCUT2D eigenvalue weighted by atomic mass is 10.1. The number of Topliss-reactive ketones (excluding diaryl/α,β-unsaturated/α-hetero) is 1. The van der Waals surface area contributed by atoms with Gasteiger partial charge in [0.1, 0.15) is 6.10 Å². The van der Waals surface area contributed by atoms with Gasteiger partial charge >= 0.3 is 0 Å². The van der Waals surface area contributed by atoms with E-state index < -0.39 is 6.10 Å². The van der Waals surface area contributed by atoms with Crippen LogP contribution in [0.1, 0.15) is 18.6 Å². The van der Waals surface area contributed by atoms with Gasteiger partial charge in [-0.25, -0.2) is 0 Å². The van der Waals surface area contributed by atoms with Crippen molar-refractivity contribution in [2.75, 3.05) is 7.11 Å². The minimum absolute atomic E-state index is 0.100. The van der Waals surface area contributed by atoms with E-state index in [0.29, 0.717) is 15.6 Å². The summed E-state index contributed by atoms with van der Waals surface area (Å²) in [6.45, 7) is 1.45. The SMILES string of the molecule is COC(C(C)=O)c1cccc(Cl)c1Cl. The van der Waals surface area contributed by atoms with E-state index >= 15 is 0 Å². The second-order valence-electron chi connectivity index (χ2n) is 2.87. The van der Waals surface area contributed by atoms with Crippen molar-refractivity contribution in [3.8, 4) is 0 Å². The van der Waals surface area contributed by atoms with Crippen LogP contribution in [0.3, 0.4) is 0 Å². The number of rotatable bonds is 3. The molecule has 4 heteroatoms. The molecule has 0 heterocycles.